The first kappa shape index (κ1) is 17.4. The van der Waals surface area contributed by atoms with Gasteiger partial charge in [-0.3, -0.25) is 0 Å². The number of hydrogen-bond acceptors (Lipinski definition) is 2. The molecule has 18 heavy (non-hydrogen) atoms. The SMILES string of the molecule is Cc1cc(C)c([C@@H](N)[C@@H](O)C(C)(C)C)c(C)c1.Cl. The van der Waals surface area contributed by atoms with Crippen LogP contribution in [-0.2, 0) is 0 Å². The van der Waals surface area contributed by atoms with Crippen LogP contribution >= 0.6 is 12.4 Å². The van der Waals surface area contributed by atoms with Crippen LogP contribution in [0.2, 0.25) is 0 Å². The zero-order valence-corrected chi connectivity index (χ0v) is 13.1. The molecule has 0 aliphatic rings. The number of nitrogens with two attached hydrogens (primary N) is 1. The molecule has 0 heterocycles. The van der Waals surface area contributed by atoms with Crippen molar-refractivity contribution in [2.24, 2.45) is 11.1 Å². The fourth-order valence-corrected chi connectivity index (χ4v) is 2.41. The fourth-order valence-electron chi connectivity index (χ4n) is 2.41. The van der Waals surface area contributed by atoms with Gasteiger partial charge in [0.15, 0.2) is 0 Å². The van der Waals surface area contributed by atoms with Crippen molar-refractivity contribution in [1.29, 1.82) is 0 Å². The van der Waals surface area contributed by atoms with Gasteiger partial charge < -0.3 is 10.8 Å². The molecule has 0 radical (unpaired) electrons. The van der Waals surface area contributed by atoms with Crippen molar-refractivity contribution in [1.82, 2.24) is 0 Å². The van der Waals surface area contributed by atoms with E-state index < -0.39 is 6.10 Å². The predicted octanol–water partition coefficient (Wildman–Crippen LogP) is 3.44. The van der Waals surface area contributed by atoms with Crippen LogP contribution in [0.25, 0.3) is 0 Å². The Balaban J connectivity index is 0.00000289. The van der Waals surface area contributed by atoms with Gasteiger partial charge in [0, 0.05) is 0 Å². The maximum atomic E-state index is 10.3. The molecule has 0 aliphatic heterocycles. The molecule has 0 saturated carbocycles. The molecule has 0 saturated heterocycles. The summed E-state index contributed by atoms with van der Waals surface area (Å²) in [5.74, 6) is 0. The summed E-state index contributed by atoms with van der Waals surface area (Å²) in [6, 6.07) is 3.92. The zero-order valence-electron chi connectivity index (χ0n) is 12.2. The summed E-state index contributed by atoms with van der Waals surface area (Å²) in [6.45, 7) is 12.2. The van der Waals surface area contributed by atoms with Gasteiger partial charge in [-0.15, -0.1) is 12.4 Å². The predicted molar refractivity (Wildman–Crippen MR) is 80.3 cm³/mol. The summed E-state index contributed by atoms with van der Waals surface area (Å²) in [5, 5.41) is 10.3. The summed E-state index contributed by atoms with van der Waals surface area (Å²) < 4.78 is 0. The van der Waals surface area contributed by atoms with E-state index in [1.807, 2.05) is 20.8 Å². The van der Waals surface area contributed by atoms with Crippen molar-refractivity contribution in [2.75, 3.05) is 0 Å². The minimum Gasteiger partial charge on any atom is -0.391 e. The second-order valence-electron chi connectivity index (χ2n) is 6.15. The van der Waals surface area contributed by atoms with E-state index in [-0.39, 0.29) is 23.9 Å². The van der Waals surface area contributed by atoms with Crippen molar-refractivity contribution in [2.45, 2.75) is 53.7 Å². The lowest BCUT2D eigenvalue weighted by Gasteiger charge is -2.32. The number of aliphatic hydroxyl groups excluding tert-OH is 1. The Labute approximate surface area is 117 Å². The summed E-state index contributed by atoms with van der Waals surface area (Å²) in [6.07, 6.45) is -0.539. The van der Waals surface area contributed by atoms with Crippen LogP contribution in [0.4, 0.5) is 0 Å². The average Bonchev–Trinajstić information content (AvgIpc) is 2.13. The van der Waals surface area contributed by atoms with Gasteiger partial charge in [0.25, 0.3) is 0 Å². The molecule has 1 aromatic carbocycles. The Kier molecular flexibility index (Phi) is 5.86. The number of halogens is 1. The van der Waals surface area contributed by atoms with Crippen LogP contribution in [0, 0.1) is 26.2 Å². The molecule has 104 valence electrons. The first-order valence-electron chi connectivity index (χ1n) is 6.16. The molecule has 0 aliphatic carbocycles. The smallest absolute Gasteiger partial charge is 0.0781 e. The van der Waals surface area contributed by atoms with Crippen LogP contribution in [0.15, 0.2) is 12.1 Å². The van der Waals surface area contributed by atoms with Gasteiger partial charge in [0.1, 0.15) is 0 Å². The first-order valence-corrected chi connectivity index (χ1v) is 6.16. The molecule has 3 heteroatoms. The van der Waals surface area contributed by atoms with E-state index in [1.54, 1.807) is 0 Å². The van der Waals surface area contributed by atoms with Crippen molar-refractivity contribution in [3.63, 3.8) is 0 Å². The lowest BCUT2D eigenvalue weighted by molar-refractivity contribution is 0.0398. The van der Waals surface area contributed by atoms with E-state index in [4.69, 9.17) is 5.73 Å². The Bertz CT molecular complexity index is 386. The lowest BCUT2D eigenvalue weighted by Crippen LogP contribution is -2.37. The number of aliphatic hydroxyl groups is 1. The molecule has 0 bridgehead atoms. The van der Waals surface area contributed by atoms with Crippen molar-refractivity contribution < 1.29 is 5.11 Å². The van der Waals surface area contributed by atoms with Gasteiger partial charge >= 0.3 is 0 Å². The number of aryl methyl sites for hydroxylation is 3. The molecule has 3 N–H and O–H groups in total. The van der Waals surface area contributed by atoms with Gasteiger partial charge in [-0.2, -0.15) is 0 Å². The monoisotopic (exact) mass is 271 g/mol. The maximum absolute atomic E-state index is 10.3. The largest absolute Gasteiger partial charge is 0.391 e. The number of rotatable bonds is 2. The van der Waals surface area contributed by atoms with E-state index in [1.165, 1.54) is 16.7 Å². The third kappa shape index (κ3) is 3.71. The second kappa shape index (κ2) is 6.05. The molecule has 0 unspecified atom stereocenters. The summed E-state index contributed by atoms with van der Waals surface area (Å²) in [4.78, 5) is 0. The van der Waals surface area contributed by atoms with Gasteiger partial charge in [-0.05, 0) is 42.9 Å². The zero-order chi connectivity index (χ0) is 13.4. The van der Waals surface area contributed by atoms with Crippen molar-refractivity contribution in [3.8, 4) is 0 Å². The van der Waals surface area contributed by atoms with Gasteiger partial charge in [-0.1, -0.05) is 38.5 Å². The van der Waals surface area contributed by atoms with Crippen molar-refractivity contribution in [3.05, 3.63) is 34.4 Å². The second-order valence-corrected chi connectivity index (χ2v) is 6.15. The Morgan fingerprint density at radius 1 is 1.06 bits per heavy atom. The van der Waals surface area contributed by atoms with Crippen LogP contribution in [0.5, 0.6) is 0 Å². The van der Waals surface area contributed by atoms with Crippen LogP contribution < -0.4 is 5.73 Å². The number of hydrogen-bond donors (Lipinski definition) is 2. The third-order valence-electron chi connectivity index (χ3n) is 3.30. The Hall–Kier alpha value is -0.570. The molecule has 0 spiro atoms. The molecule has 2 atom stereocenters. The van der Waals surface area contributed by atoms with Crippen molar-refractivity contribution >= 4 is 12.4 Å². The van der Waals surface area contributed by atoms with E-state index >= 15 is 0 Å². The Morgan fingerprint density at radius 3 is 1.78 bits per heavy atom. The first-order chi connectivity index (χ1) is 7.64. The van der Waals surface area contributed by atoms with Crippen LogP contribution in [0.3, 0.4) is 0 Å². The van der Waals surface area contributed by atoms with Crippen LogP contribution in [-0.4, -0.2) is 11.2 Å². The molecule has 0 fully saturated rings. The quantitative estimate of drug-likeness (QED) is 0.866. The fraction of sp³-hybridized carbons (Fsp3) is 0.600. The van der Waals surface area contributed by atoms with Gasteiger partial charge in [-0.25, -0.2) is 0 Å². The summed E-state index contributed by atoms with van der Waals surface area (Å²) in [5.41, 5.74) is 10.7. The molecule has 1 aromatic rings. The highest BCUT2D eigenvalue weighted by atomic mass is 35.5. The van der Waals surface area contributed by atoms with Gasteiger partial charge in [0.2, 0.25) is 0 Å². The lowest BCUT2D eigenvalue weighted by atomic mass is 9.80. The molecule has 0 amide bonds. The highest BCUT2D eigenvalue weighted by molar-refractivity contribution is 5.85. The molecule has 1 rings (SSSR count). The van der Waals surface area contributed by atoms with E-state index in [0.29, 0.717) is 0 Å². The maximum Gasteiger partial charge on any atom is 0.0781 e. The van der Waals surface area contributed by atoms with E-state index in [9.17, 15) is 5.11 Å². The Morgan fingerprint density at radius 2 is 1.44 bits per heavy atom. The van der Waals surface area contributed by atoms with E-state index in [2.05, 4.69) is 32.9 Å². The summed E-state index contributed by atoms with van der Waals surface area (Å²) in [7, 11) is 0. The topological polar surface area (TPSA) is 46.2 Å². The molecule has 0 aromatic heterocycles. The highest BCUT2D eigenvalue weighted by Crippen LogP contribution is 2.32. The molecular weight excluding hydrogens is 246 g/mol. The molecular formula is C15H26ClNO. The third-order valence-corrected chi connectivity index (χ3v) is 3.30. The minimum atomic E-state index is -0.539. The average molecular weight is 272 g/mol. The standard InChI is InChI=1S/C15H25NO.ClH/c1-9-7-10(2)12(11(3)8-9)13(16)14(17)15(4,5)6;/h7-8,13-14,17H,16H2,1-6H3;1H/t13-,14-;/m1./s1. The van der Waals surface area contributed by atoms with Crippen LogP contribution in [0.1, 0.15) is 49.1 Å². The summed E-state index contributed by atoms with van der Waals surface area (Å²) >= 11 is 0. The number of benzene rings is 1. The van der Waals surface area contributed by atoms with Gasteiger partial charge in [0.05, 0.1) is 12.1 Å². The highest BCUT2D eigenvalue weighted by Gasteiger charge is 2.30. The normalized spacial score (nSPS) is 14.9. The van der Waals surface area contributed by atoms with E-state index in [0.717, 1.165) is 5.56 Å². The minimum absolute atomic E-state index is 0. The molecule has 2 nitrogen and oxygen atoms in total.